The lowest BCUT2D eigenvalue weighted by Crippen LogP contribution is -2.18. The van der Waals surface area contributed by atoms with Crippen molar-refractivity contribution in [2.75, 3.05) is 16.9 Å². The minimum absolute atomic E-state index is 0.160. The Morgan fingerprint density at radius 3 is 2.76 bits per heavy atom. The molecule has 1 aromatic carbocycles. The number of nitrogens with two attached hydrogens (primary N) is 1. The fourth-order valence-electron chi connectivity index (χ4n) is 2.22. The lowest BCUT2D eigenvalue weighted by atomic mass is 10.3. The summed E-state index contributed by atoms with van der Waals surface area (Å²) < 4.78 is 3.77. The number of rotatable bonds is 5. The Kier molecular flexibility index (Phi) is 5.09. The first-order chi connectivity index (χ1) is 12.0. The summed E-state index contributed by atoms with van der Waals surface area (Å²) in [7, 11) is 0. The Labute approximate surface area is 156 Å². The molecule has 3 N–H and O–H groups in total. The van der Waals surface area contributed by atoms with Gasteiger partial charge in [-0.25, -0.2) is 9.36 Å². The highest BCUT2D eigenvalue weighted by molar-refractivity contribution is 9.10. The van der Waals surface area contributed by atoms with Crippen LogP contribution < -0.4 is 11.2 Å². The monoisotopic (exact) mass is 421 g/mol. The zero-order chi connectivity index (χ0) is 18.0. The molecule has 3 aromatic rings. The van der Waals surface area contributed by atoms with Crippen LogP contribution in [0.2, 0.25) is 0 Å². The van der Waals surface area contributed by atoms with Crippen molar-refractivity contribution >= 4 is 39.3 Å². The Morgan fingerprint density at radius 1 is 1.32 bits per heavy atom. The Balaban J connectivity index is 1.67. The molecule has 8 nitrogen and oxygen atoms in total. The van der Waals surface area contributed by atoms with E-state index in [4.69, 9.17) is 5.84 Å². The zero-order valence-corrected chi connectivity index (χ0v) is 16.0. The van der Waals surface area contributed by atoms with Gasteiger partial charge in [0.1, 0.15) is 0 Å². The molecule has 130 valence electrons. The van der Waals surface area contributed by atoms with E-state index in [2.05, 4.69) is 36.5 Å². The molecule has 0 fully saturated rings. The van der Waals surface area contributed by atoms with Gasteiger partial charge in [-0.1, -0.05) is 23.9 Å². The fourth-order valence-corrected chi connectivity index (χ4v) is 3.26. The molecule has 10 heteroatoms. The summed E-state index contributed by atoms with van der Waals surface area (Å²) in [4.78, 5) is 12.1. The van der Waals surface area contributed by atoms with Gasteiger partial charge in [0.05, 0.1) is 17.1 Å². The van der Waals surface area contributed by atoms with Crippen LogP contribution in [0.15, 0.2) is 40.0 Å². The second kappa shape index (κ2) is 7.28. The van der Waals surface area contributed by atoms with E-state index < -0.39 is 0 Å². The molecule has 3 rings (SSSR count). The third kappa shape index (κ3) is 3.85. The summed E-state index contributed by atoms with van der Waals surface area (Å²) in [5, 5.41) is 15.7. The molecule has 1 amide bonds. The number of carbonyl (C=O) groups is 1. The van der Waals surface area contributed by atoms with E-state index in [1.165, 1.54) is 16.4 Å². The maximum Gasteiger partial charge on any atom is 0.271 e. The SMILES string of the molecule is Cc1cc(C)n(-c2nnc(SCC(=O)Nc3ccccc3Br)n2N)n1. The van der Waals surface area contributed by atoms with Gasteiger partial charge in [-0.3, -0.25) is 4.79 Å². The molecule has 2 heterocycles. The van der Waals surface area contributed by atoms with Gasteiger partial charge in [0.15, 0.2) is 0 Å². The molecule has 0 radical (unpaired) electrons. The molecule has 0 aliphatic rings. The van der Waals surface area contributed by atoms with E-state index >= 15 is 0 Å². The van der Waals surface area contributed by atoms with Crippen molar-refractivity contribution in [1.29, 1.82) is 0 Å². The molecule has 0 spiro atoms. The van der Waals surface area contributed by atoms with Crippen LogP contribution in [-0.2, 0) is 4.79 Å². The Hall–Kier alpha value is -2.33. The summed E-state index contributed by atoms with van der Waals surface area (Å²) in [6.07, 6.45) is 0. The van der Waals surface area contributed by atoms with E-state index in [-0.39, 0.29) is 11.7 Å². The molecule has 0 atom stereocenters. The van der Waals surface area contributed by atoms with Gasteiger partial charge < -0.3 is 11.2 Å². The van der Waals surface area contributed by atoms with Crippen LogP contribution in [-0.4, -0.2) is 36.3 Å². The van der Waals surface area contributed by atoms with E-state index in [0.717, 1.165) is 15.9 Å². The highest BCUT2D eigenvalue weighted by Gasteiger charge is 2.16. The third-order valence-corrected chi connectivity index (χ3v) is 4.96. The maximum absolute atomic E-state index is 12.1. The lowest BCUT2D eigenvalue weighted by Gasteiger charge is -2.07. The van der Waals surface area contributed by atoms with Crippen molar-refractivity contribution < 1.29 is 4.79 Å². The van der Waals surface area contributed by atoms with Gasteiger partial charge in [-0.15, -0.1) is 10.2 Å². The number of nitrogen functional groups attached to an aromatic ring is 1. The predicted octanol–water partition coefficient (Wildman–Crippen LogP) is 2.29. The number of halogens is 1. The van der Waals surface area contributed by atoms with Crippen LogP contribution in [0.1, 0.15) is 11.4 Å². The van der Waals surface area contributed by atoms with E-state index in [0.29, 0.717) is 16.8 Å². The number of hydrogen-bond donors (Lipinski definition) is 2. The maximum atomic E-state index is 12.1. The average molecular weight is 422 g/mol. The topological polar surface area (TPSA) is 104 Å². The number of hydrogen-bond acceptors (Lipinski definition) is 6. The summed E-state index contributed by atoms with van der Waals surface area (Å²) >= 11 is 4.60. The average Bonchev–Trinajstić information content (AvgIpc) is 3.09. The molecule has 25 heavy (non-hydrogen) atoms. The molecule has 2 aromatic heterocycles. The number of aromatic nitrogens is 5. The zero-order valence-electron chi connectivity index (χ0n) is 13.6. The quantitative estimate of drug-likeness (QED) is 0.483. The van der Waals surface area contributed by atoms with Crippen LogP contribution in [0, 0.1) is 13.8 Å². The van der Waals surface area contributed by atoms with Crippen molar-refractivity contribution in [3.63, 3.8) is 0 Å². The van der Waals surface area contributed by atoms with E-state index in [9.17, 15) is 4.79 Å². The van der Waals surface area contributed by atoms with Gasteiger partial charge in [-0.2, -0.15) is 5.10 Å². The highest BCUT2D eigenvalue weighted by Crippen LogP contribution is 2.22. The largest absolute Gasteiger partial charge is 0.334 e. The molecule has 0 saturated heterocycles. The van der Waals surface area contributed by atoms with Crippen molar-refractivity contribution in [3.05, 3.63) is 46.2 Å². The smallest absolute Gasteiger partial charge is 0.271 e. The standard InChI is InChI=1S/C15H16BrN7OS/c1-9-7-10(2)23(21-9)14-19-20-15(22(14)17)25-8-13(24)18-12-6-4-3-5-11(12)16/h3-7H,8,17H2,1-2H3,(H,18,24). The number of amides is 1. The summed E-state index contributed by atoms with van der Waals surface area (Å²) in [5.41, 5.74) is 2.48. The van der Waals surface area contributed by atoms with Crippen molar-refractivity contribution in [1.82, 2.24) is 24.7 Å². The molecule has 0 aliphatic heterocycles. The van der Waals surface area contributed by atoms with Crippen molar-refractivity contribution in [2.24, 2.45) is 0 Å². The number of aryl methyl sites for hydroxylation is 2. The van der Waals surface area contributed by atoms with E-state index in [1.807, 2.05) is 44.2 Å². The Bertz CT molecular complexity index is 920. The Morgan fingerprint density at radius 2 is 2.08 bits per heavy atom. The number of carbonyl (C=O) groups excluding carboxylic acids is 1. The van der Waals surface area contributed by atoms with Crippen LogP contribution in [0.3, 0.4) is 0 Å². The van der Waals surface area contributed by atoms with Gasteiger partial charge in [0.2, 0.25) is 11.1 Å². The lowest BCUT2D eigenvalue weighted by molar-refractivity contribution is -0.113. The first-order valence-electron chi connectivity index (χ1n) is 7.37. The first-order valence-corrected chi connectivity index (χ1v) is 9.15. The van der Waals surface area contributed by atoms with Crippen LogP contribution in [0.25, 0.3) is 5.95 Å². The molecule has 0 saturated carbocycles. The number of nitrogens with one attached hydrogen (secondary N) is 1. The predicted molar refractivity (Wildman–Crippen MR) is 100 cm³/mol. The third-order valence-electron chi connectivity index (χ3n) is 3.33. The summed E-state index contributed by atoms with van der Waals surface area (Å²) in [5.74, 6) is 6.45. The summed E-state index contributed by atoms with van der Waals surface area (Å²) in [6, 6.07) is 9.34. The van der Waals surface area contributed by atoms with Crippen molar-refractivity contribution in [2.45, 2.75) is 19.0 Å². The number of para-hydroxylation sites is 1. The first kappa shape index (κ1) is 17.5. The van der Waals surface area contributed by atoms with Crippen molar-refractivity contribution in [3.8, 4) is 5.95 Å². The highest BCUT2D eigenvalue weighted by atomic mass is 79.9. The number of nitrogens with zero attached hydrogens (tertiary/aromatic N) is 5. The minimum Gasteiger partial charge on any atom is -0.334 e. The van der Waals surface area contributed by atoms with Crippen LogP contribution >= 0.6 is 27.7 Å². The number of thioether (sulfide) groups is 1. The van der Waals surface area contributed by atoms with Crippen LogP contribution in [0.5, 0.6) is 0 Å². The number of benzene rings is 1. The molecule has 0 unspecified atom stereocenters. The van der Waals surface area contributed by atoms with Crippen LogP contribution in [0.4, 0.5) is 5.69 Å². The molecule has 0 aliphatic carbocycles. The number of anilines is 1. The summed E-state index contributed by atoms with van der Waals surface area (Å²) in [6.45, 7) is 3.80. The minimum atomic E-state index is -0.160. The van der Waals surface area contributed by atoms with Gasteiger partial charge in [0.25, 0.3) is 5.95 Å². The van der Waals surface area contributed by atoms with Gasteiger partial charge in [-0.05, 0) is 48.0 Å². The second-order valence-electron chi connectivity index (χ2n) is 5.31. The fraction of sp³-hybridized carbons (Fsp3) is 0.200. The molecular weight excluding hydrogens is 406 g/mol. The van der Waals surface area contributed by atoms with E-state index in [1.54, 1.807) is 4.68 Å². The second-order valence-corrected chi connectivity index (χ2v) is 7.11. The van der Waals surface area contributed by atoms with Gasteiger partial charge in [0, 0.05) is 10.2 Å². The molecule has 0 bridgehead atoms. The normalized spacial score (nSPS) is 10.8. The molecular formula is C15H16BrN7OS. The van der Waals surface area contributed by atoms with Gasteiger partial charge >= 0.3 is 0 Å².